The lowest BCUT2D eigenvalue weighted by Crippen LogP contribution is -2.31. The molecule has 0 saturated carbocycles. The normalized spacial score (nSPS) is 15.4. The van der Waals surface area contributed by atoms with Gasteiger partial charge < -0.3 is 29.3 Å². The molecule has 6 heteroatoms. The number of fused-ring (bicyclic) bond motifs is 1. The van der Waals surface area contributed by atoms with E-state index in [1.54, 1.807) is 7.11 Å². The van der Waals surface area contributed by atoms with Gasteiger partial charge in [0.2, 0.25) is 0 Å². The molecule has 0 aliphatic carbocycles. The zero-order valence-corrected chi connectivity index (χ0v) is 21.7. The van der Waals surface area contributed by atoms with E-state index in [0.29, 0.717) is 6.61 Å². The van der Waals surface area contributed by atoms with E-state index in [-0.39, 0.29) is 6.04 Å². The van der Waals surface area contributed by atoms with E-state index in [4.69, 9.17) is 14.2 Å². The number of rotatable bonds is 14. The topological polar surface area (TPSA) is 46.2 Å². The average molecular weight is 470 g/mol. The monoisotopic (exact) mass is 469 g/mol. The molecular weight excluding hydrogens is 426 g/mol. The van der Waals surface area contributed by atoms with Gasteiger partial charge in [-0.2, -0.15) is 0 Å². The Morgan fingerprint density at radius 1 is 0.824 bits per heavy atom. The van der Waals surface area contributed by atoms with Crippen LogP contribution in [0.1, 0.15) is 50.4 Å². The Hall–Kier alpha value is -2.28. The summed E-state index contributed by atoms with van der Waals surface area (Å²) < 4.78 is 17.8. The smallest absolute Gasteiger partial charge is 0.161 e. The second-order valence-corrected chi connectivity index (χ2v) is 8.66. The Morgan fingerprint density at radius 2 is 1.50 bits per heavy atom. The van der Waals surface area contributed by atoms with Crippen molar-refractivity contribution in [3.05, 3.63) is 53.1 Å². The molecule has 2 aromatic rings. The van der Waals surface area contributed by atoms with Crippen molar-refractivity contribution in [3.63, 3.8) is 0 Å². The van der Waals surface area contributed by atoms with Gasteiger partial charge in [-0.3, -0.25) is 0 Å². The summed E-state index contributed by atoms with van der Waals surface area (Å²) >= 11 is 0. The van der Waals surface area contributed by atoms with E-state index in [1.165, 1.54) is 16.7 Å². The van der Waals surface area contributed by atoms with Gasteiger partial charge in [0.1, 0.15) is 19.0 Å². The van der Waals surface area contributed by atoms with Crippen LogP contribution in [0.3, 0.4) is 0 Å². The fourth-order valence-corrected chi connectivity index (χ4v) is 4.57. The Kier molecular flexibility index (Phi) is 10.5. The van der Waals surface area contributed by atoms with E-state index in [1.807, 2.05) is 6.07 Å². The van der Waals surface area contributed by atoms with Crippen LogP contribution in [0.15, 0.2) is 36.4 Å². The van der Waals surface area contributed by atoms with Crippen LogP contribution in [-0.4, -0.2) is 75.9 Å². The zero-order chi connectivity index (χ0) is 24.3. The van der Waals surface area contributed by atoms with Crippen LogP contribution in [0, 0.1) is 0 Å². The van der Waals surface area contributed by atoms with Crippen LogP contribution in [-0.2, 0) is 6.42 Å². The largest absolute Gasteiger partial charge is 0.493 e. The third kappa shape index (κ3) is 6.87. The van der Waals surface area contributed by atoms with Crippen LogP contribution < -0.4 is 19.5 Å². The van der Waals surface area contributed by atoms with Crippen molar-refractivity contribution in [2.45, 2.75) is 40.2 Å². The zero-order valence-electron chi connectivity index (χ0n) is 21.7. The SMILES string of the molecule is CCN(CC)CCOc1ccc2c(c1)CCNC2c1ccc(OCCN(CC)CC)c(OC)c1. The minimum atomic E-state index is 0.132. The number of likely N-dealkylation sites (N-methyl/N-ethyl adjacent to an activating group) is 2. The van der Waals surface area contributed by atoms with Gasteiger partial charge in [-0.25, -0.2) is 0 Å². The molecular formula is C28H43N3O3. The standard InChI is InChI=1S/C28H43N3O3/c1-6-30(7-2)16-18-33-24-11-12-25-22(20-24)14-15-29-28(25)23-10-13-26(27(21-23)32-5)34-19-17-31(8-3)9-4/h10-13,20-21,28-29H,6-9,14-19H2,1-5H3. The molecule has 1 atom stereocenters. The minimum Gasteiger partial charge on any atom is -0.493 e. The predicted molar refractivity (Wildman–Crippen MR) is 140 cm³/mol. The van der Waals surface area contributed by atoms with Gasteiger partial charge in [-0.15, -0.1) is 0 Å². The highest BCUT2D eigenvalue weighted by Gasteiger charge is 2.23. The van der Waals surface area contributed by atoms with Crippen molar-refractivity contribution in [3.8, 4) is 17.2 Å². The maximum Gasteiger partial charge on any atom is 0.161 e. The van der Waals surface area contributed by atoms with Crippen LogP contribution in [0.2, 0.25) is 0 Å². The molecule has 1 aliphatic heterocycles. The fourth-order valence-electron chi connectivity index (χ4n) is 4.57. The van der Waals surface area contributed by atoms with E-state index < -0.39 is 0 Å². The molecule has 188 valence electrons. The van der Waals surface area contributed by atoms with Crippen molar-refractivity contribution < 1.29 is 14.2 Å². The summed E-state index contributed by atoms with van der Waals surface area (Å²) in [7, 11) is 1.71. The van der Waals surface area contributed by atoms with E-state index in [0.717, 1.165) is 76.1 Å². The van der Waals surface area contributed by atoms with E-state index in [9.17, 15) is 0 Å². The molecule has 0 bridgehead atoms. The number of nitrogens with one attached hydrogen (secondary N) is 1. The Balaban J connectivity index is 1.68. The van der Waals surface area contributed by atoms with E-state index in [2.05, 4.69) is 73.1 Å². The lowest BCUT2D eigenvalue weighted by atomic mass is 9.89. The molecule has 0 amide bonds. The van der Waals surface area contributed by atoms with Crippen LogP contribution >= 0.6 is 0 Å². The quantitative estimate of drug-likeness (QED) is 0.443. The third-order valence-electron chi connectivity index (χ3n) is 6.82. The molecule has 0 saturated heterocycles. The van der Waals surface area contributed by atoms with Gasteiger partial charge in [-0.1, -0.05) is 39.8 Å². The molecule has 0 fully saturated rings. The Bertz CT molecular complexity index is 881. The predicted octanol–water partition coefficient (Wildman–Crippen LogP) is 4.37. The molecule has 3 rings (SSSR count). The number of methoxy groups -OCH3 is 1. The van der Waals surface area contributed by atoms with Gasteiger partial charge >= 0.3 is 0 Å². The van der Waals surface area contributed by atoms with Gasteiger partial charge in [0, 0.05) is 19.6 Å². The molecule has 1 unspecified atom stereocenters. The maximum absolute atomic E-state index is 6.07. The second kappa shape index (κ2) is 13.6. The lowest BCUT2D eigenvalue weighted by molar-refractivity contribution is 0.217. The molecule has 1 aliphatic rings. The number of hydrogen-bond donors (Lipinski definition) is 1. The first kappa shape index (κ1) is 26.3. The molecule has 6 nitrogen and oxygen atoms in total. The van der Waals surface area contributed by atoms with Crippen LogP contribution in [0.4, 0.5) is 0 Å². The highest BCUT2D eigenvalue weighted by Crippen LogP contribution is 2.36. The summed E-state index contributed by atoms with van der Waals surface area (Å²) in [6.07, 6.45) is 1.00. The molecule has 1 heterocycles. The van der Waals surface area contributed by atoms with Gasteiger partial charge in [-0.05, 0) is 73.6 Å². The van der Waals surface area contributed by atoms with Crippen molar-refractivity contribution in [2.75, 3.05) is 66.1 Å². The Labute approximate surface area is 206 Å². The van der Waals surface area contributed by atoms with Crippen LogP contribution in [0.5, 0.6) is 17.2 Å². The first-order valence-electron chi connectivity index (χ1n) is 12.9. The molecule has 1 N–H and O–H groups in total. The lowest BCUT2D eigenvalue weighted by Gasteiger charge is -2.28. The van der Waals surface area contributed by atoms with Gasteiger partial charge in [0.15, 0.2) is 11.5 Å². The third-order valence-corrected chi connectivity index (χ3v) is 6.82. The van der Waals surface area contributed by atoms with Crippen molar-refractivity contribution in [1.29, 1.82) is 0 Å². The maximum atomic E-state index is 6.07. The summed E-state index contributed by atoms with van der Waals surface area (Å²) in [6.45, 7) is 17.1. The first-order valence-corrected chi connectivity index (χ1v) is 12.9. The average Bonchev–Trinajstić information content (AvgIpc) is 2.88. The summed E-state index contributed by atoms with van der Waals surface area (Å²) in [5.41, 5.74) is 3.84. The molecule has 34 heavy (non-hydrogen) atoms. The summed E-state index contributed by atoms with van der Waals surface area (Å²) in [5, 5.41) is 3.68. The highest BCUT2D eigenvalue weighted by atomic mass is 16.5. The van der Waals surface area contributed by atoms with E-state index >= 15 is 0 Å². The van der Waals surface area contributed by atoms with Gasteiger partial charge in [0.25, 0.3) is 0 Å². The van der Waals surface area contributed by atoms with Gasteiger partial charge in [0.05, 0.1) is 13.2 Å². The molecule has 2 aromatic carbocycles. The van der Waals surface area contributed by atoms with Crippen molar-refractivity contribution in [2.24, 2.45) is 0 Å². The van der Waals surface area contributed by atoms with Crippen LogP contribution in [0.25, 0.3) is 0 Å². The summed E-state index contributed by atoms with van der Waals surface area (Å²) in [4.78, 5) is 4.73. The summed E-state index contributed by atoms with van der Waals surface area (Å²) in [6, 6.07) is 12.9. The van der Waals surface area contributed by atoms with Crippen molar-refractivity contribution >= 4 is 0 Å². The number of nitrogens with zero attached hydrogens (tertiary/aromatic N) is 2. The summed E-state index contributed by atoms with van der Waals surface area (Å²) in [5.74, 6) is 2.54. The highest BCUT2D eigenvalue weighted by molar-refractivity contribution is 5.49. The van der Waals surface area contributed by atoms with Crippen molar-refractivity contribution in [1.82, 2.24) is 15.1 Å². The molecule has 0 spiro atoms. The minimum absolute atomic E-state index is 0.132. The second-order valence-electron chi connectivity index (χ2n) is 8.66. The number of hydrogen-bond acceptors (Lipinski definition) is 6. The Morgan fingerprint density at radius 3 is 2.15 bits per heavy atom. The number of benzene rings is 2. The fraction of sp³-hybridized carbons (Fsp3) is 0.571. The number of ether oxygens (including phenoxy) is 3. The molecule has 0 aromatic heterocycles. The first-order chi connectivity index (χ1) is 16.6. The molecule has 0 radical (unpaired) electrons.